The molecule has 0 aliphatic heterocycles. The van der Waals surface area contributed by atoms with Crippen LogP contribution in [0.2, 0.25) is 0 Å². The zero-order chi connectivity index (χ0) is 24.7. The number of carbonyl (C=O) groups excluding carboxylic acids is 2. The van der Waals surface area contributed by atoms with E-state index in [1.54, 1.807) is 42.1 Å². The summed E-state index contributed by atoms with van der Waals surface area (Å²) >= 11 is 1.36. The second kappa shape index (κ2) is 11.6. The lowest BCUT2D eigenvalue weighted by Crippen LogP contribution is -2.22. The Bertz CT molecular complexity index is 1150. The molecule has 0 radical (unpaired) electrons. The van der Waals surface area contributed by atoms with Gasteiger partial charge in [0.15, 0.2) is 5.69 Å². The van der Waals surface area contributed by atoms with Crippen molar-refractivity contribution in [2.75, 3.05) is 39.2 Å². The number of aryl methyl sites for hydroxylation is 1. The summed E-state index contributed by atoms with van der Waals surface area (Å²) in [6.45, 7) is 7.31. The van der Waals surface area contributed by atoms with Crippen molar-refractivity contribution in [1.82, 2.24) is 19.9 Å². The van der Waals surface area contributed by atoms with Crippen molar-refractivity contribution >= 4 is 34.6 Å². The van der Waals surface area contributed by atoms with E-state index in [2.05, 4.69) is 22.4 Å². The summed E-state index contributed by atoms with van der Waals surface area (Å²) in [5.74, 6) is -0.685. The molecule has 2 N–H and O–H groups in total. The zero-order valence-electron chi connectivity index (χ0n) is 19.8. The van der Waals surface area contributed by atoms with Gasteiger partial charge in [-0.1, -0.05) is 6.58 Å². The van der Waals surface area contributed by atoms with Crippen LogP contribution in [0.4, 0.5) is 5.69 Å². The number of rotatable bonds is 11. The van der Waals surface area contributed by atoms with E-state index in [1.165, 1.54) is 11.3 Å². The lowest BCUT2D eigenvalue weighted by Gasteiger charge is -2.11. The highest BCUT2D eigenvalue weighted by molar-refractivity contribution is 7.13. The van der Waals surface area contributed by atoms with Crippen LogP contribution < -0.4 is 10.8 Å². The van der Waals surface area contributed by atoms with Crippen LogP contribution in [-0.2, 0) is 16.6 Å². The first-order valence-electron chi connectivity index (χ1n) is 10.7. The quantitative estimate of drug-likeness (QED) is 0.244. The molecular formula is C24H29N5O4S. The molecule has 0 atom stereocenters. The highest BCUT2D eigenvalue weighted by Gasteiger charge is 2.15. The van der Waals surface area contributed by atoms with E-state index in [-0.39, 0.29) is 11.6 Å². The van der Waals surface area contributed by atoms with E-state index in [9.17, 15) is 9.59 Å². The maximum absolute atomic E-state index is 12.8. The van der Waals surface area contributed by atoms with Crippen molar-refractivity contribution in [2.45, 2.75) is 6.92 Å². The van der Waals surface area contributed by atoms with Gasteiger partial charge in [0.2, 0.25) is 0 Å². The van der Waals surface area contributed by atoms with Gasteiger partial charge in [-0.15, -0.1) is 11.3 Å². The van der Waals surface area contributed by atoms with E-state index < -0.39 is 5.97 Å². The van der Waals surface area contributed by atoms with Crippen LogP contribution in [0.1, 0.15) is 33.5 Å². The fourth-order valence-corrected chi connectivity index (χ4v) is 3.77. The monoisotopic (exact) mass is 483 g/mol. The predicted molar refractivity (Wildman–Crippen MR) is 134 cm³/mol. The number of hydrogen-bond donors (Lipinski definition) is 2. The molecule has 2 aromatic heterocycles. The third kappa shape index (κ3) is 6.53. The van der Waals surface area contributed by atoms with Gasteiger partial charge in [0.1, 0.15) is 10.7 Å². The number of likely N-dealkylation sites (N-methyl/N-ethyl adjacent to an activating group) is 1. The molecule has 10 heteroatoms. The van der Waals surface area contributed by atoms with Gasteiger partial charge in [0, 0.05) is 42.0 Å². The molecule has 1 amide bonds. The molecule has 0 spiro atoms. The smallest absolute Gasteiger partial charge is 0.357 e. The SMILES string of the molecule is C=C(NOCCN(C)C)c1cc(C(=O)Nc2ccc(-c3nc(C(=O)OCC)cs3)cc2)n(C)c1. The average Bonchev–Trinajstić information content (AvgIpc) is 3.44. The molecule has 0 aliphatic carbocycles. The van der Waals surface area contributed by atoms with Crippen LogP contribution in [0, 0.1) is 0 Å². The Morgan fingerprint density at radius 1 is 1.24 bits per heavy atom. The predicted octanol–water partition coefficient (Wildman–Crippen LogP) is 3.63. The van der Waals surface area contributed by atoms with Crippen LogP contribution >= 0.6 is 11.3 Å². The highest BCUT2D eigenvalue weighted by Crippen LogP contribution is 2.26. The number of anilines is 1. The summed E-state index contributed by atoms with van der Waals surface area (Å²) in [7, 11) is 5.73. The fraction of sp³-hybridized carbons (Fsp3) is 0.292. The number of nitrogens with zero attached hydrogens (tertiary/aromatic N) is 3. The van der Waals surface area contributed by atoms with Crippen molar-refractivity contribution in [3.05, 3.63) is 65.4 Å². The molecule has 0 saturated carbocycles. The Morgan fingerprint density at radius 2 is 1.97 bits per heavy atom. The Hall–Kier alpha value is -3.47. The van der Waals surface area contributed by atoms with E-state index in [0.29, 0.717) is 35.3 Å². The number of amides is 1. The van der Waals surface area contributed by atoms with E-state index >= 15 is 0 Å². The molecule has 1 aromatic carbocycles. The minimum Gasteiger partial charge on any atom is -0.461 e. The number of hydroxylamine groups is 1. The maximum Gasteiger partial charge on any atom is 0.357 e. The van der Waals surface area contributed by atoms with Gasteiger partial charge >= 0.3 is 5.97 Å². The van der Waals surface area contributed by atoms with Gasteiger partial charge in [-0.2, -0.15) is 0 Å². The molecule has 0 unspecified atom stereocenters. The molecule has 34 heavy (non-hydrogen) atoms. The first-order chi connectivity index (χ1) is 16.3. The highest BCUT2D eigenvalue weighted by atomic mass is 32.1. The number of hydrogen-bond acceptors (Lipinski definition) is 8. The summed E-state index contributed by atoms with van der Waals surface area (Å²) in [5, 5.41) is 5.27. The normalized spacial score (nSPS) is 10.9. The number of thiazole rings is 1. The second-order valence-corrected chi connectivity index (χ2v) is 8.61. The molecule has 0 fully saturated rings. The summed E-state index contributed by atoms with van der Waals surface area (Å²) < 4.78 is 6.71. The molecule has 3 rings (SSSR count). The Labute approximate surface area is 203 Å². The van der Waals surface area contributed by atoms with E-state index in [4.69, 9.17) is 9.57 Å². The van der Waals surface area contributed by atoms with Crippen LogP contribution in [0.25, 0.3) is 16.3 Å². The van der Waals surface area contributed by atoms with E-state index in [1.807, 2.05) is 37.3 Å². The fourth-order valence-electron chi connectivity index (χ4n) is 2.98. The van der Waals surface area contributed by atoms with E-state index in [0.717, 1.165) is 17.7 Å². The average molecular weight is 484 g/mol. The molecular weight excluding hydrogens is 454 g/mol. The Balaban J connectivity index is 1.60. The molecule has 9 nitrogen and oxygen atoms in total. The lowest BCUT2D eigenvalue weighted by atomic mass is 10.2. The van der Waals surface area contributed by atoms with Gasteiger partial charge in [-0.05, 0) is 51.4 Å². The van der Waals surface area contributed by atoms with Crippen LogP contribution in [0.15, 0.2) is 48.5 Å². The lowest BCUT2D eigenvalue weighted by molar-refractivity contribution is 0.0520. The van der Waals surface area contributed by atoms with Gasteiger partial charge in [0.05, 0.1) is 18.9 Å². The van der Waals surface area contributed by atoms with Crippen molar-refractivity contribution in [1.29, 1.82) is 0 Å². The minimum atomic E-state index is -0.436. The summed E-state index contributed by atoms with van der Waals surface area (Å²) in [6, 6.07) is 9.03. The number of ether oxygens (including phenoxy) is 1. The molecule has 3 aromatic rings. The number of aromatic nitrogens is 2. The first kappa shape index (κ1) is 25.2. The summed E-state index contributed by atoms with van der Waals surface area (Å²) in [5.41, 5.74) is 6.41. The van der Waals surface area contributed by atoms with Crippen LogP contribution in [0.5, 0.6) is 0 Å². The zero-order valence-corrected chi connectivity index (χ0v) is 20.6. The summed E-state index contributed by atoms with van der Waals surface area (Å²) in [4.78, 5) is 36.4. The topological polar surface area (TPSA) is 97.7 Å². The van der Waals surface area contributed by atoms with Crippen molar-refractivity contribution in [3.63, 3.8) is 0 Å². The largest absolute Gasteiger partial charge is 0.461 e. The Morgan fingerprint density at radius 3 is 2.65 bits per heavy atom. The van der Waals surface area contributed by atoms with Gasteiger partial charge < -0.3 is 19.5 Å². The number of nitrogens with one attached hydrogen (secondary N) is 2. The molecule has 0 saturated heterocycles. The third-order valence-corrected chi connectivity index (χ3v) is 5.69. The van der Waals surface area contributed by atoms with Gasteiger partial charge in [-0.25, -0.2) is 9.78 Å². The van der Waals surface area contributed by atoms with Gasteiger partial charge in [-0.3, -0.25) is 15.1 Å². The van der Waals surface area contributed by atoms with Crippen molar-refractivity contribution in [2.24, 2.45) is 7.05 Å². The van der Waals surface area contributed by atoms with Crippen LogP contribution in [-0.4, -0.2) is 60.2 Å². The number of benzene rings is 1. The summed E-state index contributed by atoms with van der Waals surface area (Å²) in [6.07, 6.45) is 1.81. The molecule has 180 valence electrons. The van der Waals surface area contributed by atoms with Crippen LogP contribution in [0.3, 0.4) is 0 Å². The molecule has 0 bridgehead atoms. The minimum absolute atomic E-state index is 0.248. The third-order valence-electron chi connectivity index (χ3n) is 4.80. The molecule has 2 heterocycles. The first-order valence-corrected chi connectivity index (χ1v) is 11.6. The maximum atomic E-state index is 12.8. The second-order valence-electron chi connectivity index (χ2n) is 7.75. The van der Waals surface area contributed by atoms with Crippen molar-refractivity contribution in [3.8, 4) is 10.6 Å². The van der Waals surface area contributed by atoms with Crippen molar-refractivity contribution < 1.29 is 19.2 Å². The number of esters is 1. The standard InChI is InChI=1S/C24H29N5O4S/c1-6-32-24(31)20-15-34-23(26-20)17-7-9-19(10-8-17)25-22(30)21-13-18(14-29(21)5)16(2)27-33-12-11-28(3)4/h7-10,13-15,27H,2,6,11-12H2,1,3-5H3,(H,25,30). The Kier molecular flexibility index (Phi) is 8.58. The molecule has 0 aliphatic rings. The number of carbonyl (C=O) groups is 2. The van der Waals surface area contributed by atoms with Gasteiger partial charge in [0.25, 0.3) is 5.91 Å².